The average molecular weight is 463 g/mol. The standard InChI is InChI=1S/C20H17BrClN3O3/c1-11(2)12-7-9-13(10-8-12)25-18(16(21)17(24-25)20(27)28)23-19(26)14-5-3-4-6-15(14)22/h3-11H,1-2H3,(H,23,26)(H,27,28). The number of carboxylic acids is 1. The van der Waals surface area contributed by atoms with Gasteiger partial charge >= 0.3 is 5.97 Å². The second kappa shape index (κ2) is 8.16. The third-order valence-corrected chi connectivity index (χ3v) is 5.27. The normalized spacial score (nSPS) is 10.9. The van der Waals surface area contributed by atoms with Crippen LogP contribution in [0.25, 0.3) is 5.69 Å². The van der Waals surface area contributed by atoms with Crippen LogP contribution in [0.1, 0.15) is 46.2 Å². The van der Waals surface area contributed by atoms with Gasteiger partial charge in [0.15, 0.2) is 11.5 Å². The van der Waals surface area contributed by atoms with Crippen LogP contribution >= 0.6 is 27.5 Å². The number of hydrogen-bond donors (Lipinski definition) is 2. The quantitative estimate of drug-likeness (QED) is 0.534. The van der Waals surface area contributed by atoms with Gasteiger partial charge in [0.25, 0.3) is 5.91 Å². The van der Waals surface area contributed by atoms with E-state index in [1.165, 1.54) is 4.68 Å². The number of benzene rings is 2. The topological polar surface area (TPSA) is 84.2 Å². The molecule has 0 bridgehead atoms. The molecule has 144 valence electrons. The van der Waals surface area contributed by atoms with Crippen molar-refractivity contribution in [2.75, 3.05) is 5.32 Å². The largest absolute Gasteiger partial charge is 0.476 e. The number of carbonyl (C=O) groups excluding carboxylic acids is 1. The van der Waals surface area contributed by atoms with Crippen molar-refractivity contribution in [3.8, 4) is 5.69 Å². The minimum atomic E-state index is -1.21. The van der Waals surface area contributed by atoms with Crippen LogP contribution < -0.4 is 5.32 Å². The van der Waals surface area contributed by atoms with Gasteiger partial charge in [-0.1, -0.05) is 49.7 Å². The number of halogens is 2. The predicted molar refractivity (Wildman–Crippen MR) is 112 cm³/mol. The van der Waals surface area contributed by atoms with E-state index in [0.29, 0.717) is 16.6 Å². The zero-order chi connectivity index (χ0) is 20.4. The lowest BCUT2D eigenvalue weighted by Crippen LogP contribution is -2.16. The fourth-order valence-corrected chi connectivity index (χ4v) is 3.39. The predicted octanol–water partition coefficient (Wildman–Crippen LogP) is 5.36. The van der Waals surface area contributed by atoms with Crippen LogP contribution in [-0.4, -0.2) is 26.8 Å². The maximum absolute atomic E-state index is 12.7. The number of aromatic carboxylic acids is 1. The van der Waals surface area contributed by atoms with E-state index < -0.39 is 11.9 Å². The van der Waals surface area contributed by atoms with Gasteiger partial charge in [-0.25, -0.2) is 9.48 Å². The molecule has 3 rings (SSSR count). The van der Waals surface area contributed by atoms with Gasteiger partial charge in [-0.05, 0) is 51.7 Å². The van der Waals surface area contributed by atoms with E-state index in [0.717, 1.165) is 5.56 Å². The van der Waals surface area contributed by atoms with Crippen molar-refractivity contribution < 1.29 is 14.7 Å². The number of rotatable bonds is 5. The van der Waals surface area contributed by atoms with Crippen LogP contribution in [0.15, 0.2) is 53.0 Å². The van der Waals surface area contributed by atoms with E-state index in [9.17, 15) is 14.7 Å². The lowest BCUT2D eigenvalue weighted by molar-refractivity contribution is 0.0688. The van der Waals surface area contributed by atoms with Crippen molar-refractivity contribution in [1.29, 1.82) is 0 Å². The number of aromatic nitrogens is 2. The molecule has 2 N–H and O–H groups in total. The molecule has 0 radical (unpaired) electrons. The number of hydrogen-bond acceptors (Lipinski definition) is 3. The summed E-state index contributed by atoms with van der Waals surface area (Å²) in [6.45, 7) is 4.16. The Morgan fingerprint density at radius 2 is 1.79 bits per heavy atom. The minimum absolute atomic E-state index is 0.174. The number of nitrogens with zero attached hydrogens (tertiary/aromatic N) is 2. The zero-order valence-corrected chi connectivity index (χ0v) is 17.5. The highest BCUT2D eigenvalue weighted by Gasteiger charge is 2.24. The zero-order valence-electron chi connectivity index (χ0n) is 15.1. The van der Waals surface area contributed by atoms with Crippen LogP contribution in [-0.2, 0) is 0 Å². The molecule has 3 aromatic rings. The third-order valence-electron chi connectivity index (χ3n) is 4.18. The summed E-state index contributed by atoms with van der Waals surface area (Å²) in [4.78, 5) is 24.2. The Balaban J connectivity index is 2.05. The number of carbonyl (C=O) groups is 2. The van der Waals surface area contributed by atoms with Crippen LogP contribution in [0.5, 0.6) is 0 Å². The van der Waals surface area contributed by atoms with Gasteiger partial charge in [-0.15, -0.1) is 0 Å². The first-order valence-corrected chi connectivity index (χ1v) is 9.64. The monoisotopic (exact) mass is 461 g/mol. The van der Waals surface area contributed by atoms with Crippen molar-refractivity contribution in [2.45, 2.75) is 19.8 Å². The second-order valence-corrected chi connectivity index (χ2v) is 7.61. The molecule has 28 heavy (non-hydrogen) atoms. The van der Waals surface area contributed by atoms with E-state index in [4.69, 9.17) is 11.6 Å². The average Bonchev–Trinajstić information content (AvgIpc) is 2.99. The summed E-state index contributed by atoms with van der Waals surface area (Å²) in [5.41, 5.74) is 1.82. The smallest absolute Gasteiger partial charge is 0.357 e. The molecule has 0 aliphatic heterocycles. The van der Waals surface area contributed by atoms with E-state index in [1.54, 1.807) is 24.3 Å². The molecule has 0 saturated heterocycles. The molecule has 8 heteroatoms. The number of anilines is 1. The maximum Gasteiger partial charge on any atom is 0.357 e. The molecule has 0 saturated carbocycles. The summed E-state index contributed by atoms with van der Waals surface area (Å²) in [5.74, 6) is -1.12. The first-order chi connectivity index (χ1) is 13.3. The van der Waals surface area contributed by atoms with Gasteiger partial charge in [0.2, 0.25) is 0 Å². The van der Waals surface area contributed by atoms with Gasteiger partial charge < -0.3 is 10.4 Å². The minimum Gasteiger partial charge on any atom is -0.476 e. The van der Waals surface area contributed by atoms with Crippen LogP contribution in [0.4, 0.5) is 5.82 Å². The van der Waals surface area contributed by atoms with Gasteiger partial charge in [0, 0.05) is 0 Å². The second-order valence-electron chi connectivity index (χ2n) is 6.41. The van der Waals surface area contributed by atoms with Gasteiger partial charge in [0.05, 0.1) is 20.7 Å². The van der Waals surface area contributed by atoms with Gasteiger partial charge in [-0.3, -0.25) is 4.79 Å². The SMILES string of the molecule is CC(C)c1ccc(-n2nc(C(=O)O)c(Br)c2NC(=O)c2ccccc2Cl)cc1. The van der Waals surface area contributed by atoms with E-state index >= 15 is 0 Å². The fraction of sp³-hybridized carbons (Fsp3) is 0.150. The van der Waals surface area contributed by atoms with Gasteiger partial charge in [0.1, 0.15) is 0 Å². The molecule has 0 aliphatic carbocycles. The van der Waals surface area contributed by atoms with Crippen LogP contribution in [0.2, 0.25) is 5.02 Å². The molecule has 2 aromatic carbocycles. The van der Waals surface area contributed by atoms with E-state index in [1.807, 2.05) is 24.3 Å². The Labute approximate surface area is 175 Å². The molecule has 6 nitrogen and oxygen atoms in total. The maximum atomic E-state index is 12.7. The van der Waals surface area contributed by atoms with Gasteiger partial charge in [-0.2, -0.15) is 5.10 Å². The molecule has 0 unspecified atom stereocenters. The van der Waals surface area contributed by atoms with Crippen molar-refractivity contribution in [3.05, 3.63) is 74.8 Å². The molecule has 1 aromatic heterocycles. The summed E-state index contributed by atoms with van der Waals surface area (Å²) in [5, 5.41) is 16.6. The molecule has 0 aliphatic rings. The summed E-state index contributed by atoms with van der Waals surface area (Å²) in [6.07, 6.45) is 0. The first-order valence-electron chi connectivity index (χ1n) is 8.47. The highest BCUT2D eigenvalue weighted by atomic mass is 79.9. The Hall–Kier alpha value is -2.64. The summed E-state index contributed by atoms with van der Waals surface area (Å²) in [6, 6.07) is 14.1. The fourth-order valence-electron chi connectivity index (χ4n) is 2.65. The van der Waals surface area contributed by atoms with E-state index in [2.05, 4.69) is 40.2 Å². The molecular formula is C20H17BrClN3O3. The molecule has 0 fully saturated rings. The third kappa shape index (κ3) is 3.95. The first kappa shape index (κ1) is 20.1. The van der Waals surface area contributed by atoms with Crippen molar-refractivity contribution in [2.24, 2.45) is 0 Å². The highest BCUT2D eigenvalue weighted by molar-refractivity contribution is 9.10. The number of amides is 1. The number of carboxylic acid groups (broad SMARTS) is 1. The summed E-state index contributed by atoms with van der Waals surface area (Å²) < 4.78 is 1.56. The number of nitrogens with one attached hydrogen (secondary N) is 1. The van der Waals surface area contributed by atoms with Crippen molar-refractivity contribution in [3.63, 3.8) is 0 Å². The summed E-state index contributed by atoms with van der Waals surface area (Å²) >= 11 is 9.34. The summed E-state index contributed by atoms with van der Waals surface area (Å²) in [7, 11) is 0. The molecular weight excluding hydrogens is 446 g/mol. The Morgan fingerprint density at radius 1 is 1.14 bits per heavy atom. The van der Waals surface area contributed by atoms with E-state index in [-0.39, 0.29) is 21.5 Å². The van der Waals surface area contributed by atoms with Crippen LogP contribution in [0, 0.1) is 0 Å². The molecule has 1 amide bonds. The molecule has 0 atom stereocenters. The highest BCUT2D eigenvalue weighted by Crippen LogP contribution is 2.31. The Morgan fingerprint density at radius 3 is 2.36 bits per heavy atom. The molecule has 1 heterocycles. The van der Waals surface area contributed by atoms with Crippen molar-refractivity contribution >= 4 is 45.2 Å². The van der Waals surface area contributed by atoms with Crippen LogP contribution in [0.3, 0.4) is 0 Å². The molecule has 0 spiro atoms. The lowest BCUT2D eigenvalue weighted by atomic mass is 10.0. The Bertz CT molecular complexity index is 1050. The lowest BCUT2D eigenvalue weighted by Gasteiger charge is -2.12. The Kier molecular flexibility index (Phi) is 5.86. The van der Waals surface area contributed by atoms with Crippen molar-refractivity contribution in [1.82, 2.24) is 9.78 Å².